The Balaban J connectivity index is 1.35. The summed E-state index contributed by atoms with van der Waals surface area (Å²) >= 11 is 1.79. The summed E-state index contributed by atoms with van der Waals surface area (Å²) in [7, 11) is 0. The molecular formula is C20H33NO3S. The van der Waals surface area contributed by atoms with Crippen LogP contribution in [0.4, 0.5) is 0 Å². The molecule has 0 saturated heterocycles. The largest absolute Gasteiger partial charge is 0.465 e. The SMILES string of the molecule is CC(C)(C)SCCOC(=O)CCNC(=O)C12CC3CC(CC(C3)C1)C2. The third-order valence-electron chi connectivity index (χ3n) is 6.02. The van der Waals surface area contributed by atoms with Crippen LogP contribution in [0.15, 0.2) is 0 Å². The first-order valence-electron chi connectivity index (χ1n) is 9.84. The fraction of sp³-hybridized carbons (Fsp3) is 0.900. The minimum atomic E-state index is -0.208. The van der Waals surface area contributed by atoms with Crippen LogP contribution in [0.2, 0.25) is 0 Å². The molecule has 0 atom stereocenters. The monoisotopic (exact) mass is 367 g/mol. The minimum absolute atomic E-state index is 0.123. The topological polar surface area (TPSA) is 55.4 Å². The highest BCUT2D eigenvalue weighted by Crippen LogP contribution is 2.60. The summed E-state index contributed by atoms with van der Waals surface area (Å²) in [4.78, 5) is 24.6. The molecule has 0 spiro atoms. The zero-order valence-corrected chi connectivity index (χ0v) is 16.8. The molecule has 4 fully saturated rings. The summed E-state index contributed by atoms with van der Waals surface area (Å²) in [5.74, 6) is 3.10. The number of amides is 1. The summed E-state index contributed by atoms with van der Waals surface area (Å²) < 4.78 is 5.45. The van der Waals surface area contributed by atoms with Gasteiger partial charge in [-0.25, -0.2) is 0 Å². The van der Waals surface area contributed by atoms with E-state index < -0.39 is 0 Å². The van der Waals surface area contributed by atoms with Gasteiger partial charge >= 0.3 is 5.97 Å². The number of rotatable bonds is 7. The molecule has 142 valence electrons. The maximum Gasteiger partial charge on any atom is 0.307 e. The number of hydrogen-bond donors (Lipinski definition) is 1. The molecule has 0 aromatic heterocycles. The van der Waals surface area contributed by atoms with E-state index in [0.29, 0.717) is 13.2 Å². The van der Waals surface area contributed by atoms with E-state index in [9.17, 15) is 9.59 Å². The summed E-state index contributed by atoms with van der Waals surface area (Å²) in [5, 5.41) is 3.04. The summed E-state index contributed by atoms with van der Waals surface area (Å²) in [6, 6.07) is 0. The molecular weight excluding hydrogens is 334 g/mol. The van der Waals surface area contributed by atoms with Crippen molar-refractivity contribution in [1.82, 2.24) is 5.32 Å². The van der Waals surface area contributed by atoms with Crippen LogP contribution in [0.5, 0.6) is 0 Å². The van der Waals surface area contributed by atoms with E-state index in [1.165, 1.54) is 19.3 Å². The Morgan fingerprint density at radius 3 is 2.16 bits per heavy atom. The van der Waals surface area contributed by atoms with Crippen molar-refractivity contribution < 1.29 is 14.3 Å². The molecule has 0 radical (unpaired) electrons. The smallest absolute Gasteiger partial charge is 0.307 e. The first kappa shape index (κ1) is 19.1. The predicted molar refractivity (Wildman–Crippen MR) is 101 cm³/mol. The lowest BCUT2D eigenvalue weighted by atomic mass is 9.49. The molecule has 4 bridgehead atoms. The second kappa shape index (κ2) is 7.50. The van der Waals surface area contributed by atoms with Crippen LogP contribution >= 0.6 is 11.8 Å². The number of hydrogen-bond acceptors (Lipinski definition) is 4. The van der Waals surface area contributed by atoms with E-state index in [0.717, 1.165) is 42.8 Å². The van der Waals surface area contributed by atoms with E-state index in [4.69, 9.17) is 4.74 Å². The van der Waals surface area contributed by atoms with E-state index in [-0.39, 0.29) is 28.5 Å². The summed E-state index contributed by atoms with van der Waals surface area (Å²) in [6.07, 6.45) is 7.50. The fourth-order valence-corrected chi connectivity index (χ4v) is 6.21. The van der Waals surface area contributed by atoms with Crippen LogP contribution in [-0.2, 0) is 14.3 Å². The standard InChI is InChI=1S/C20H33NO3S/c1-19(2,3)25-7-6-24-17(22)4-5-21-18(23)20-11-14-8-15(12-20)10-16(9-14)13-20/h14-16H,4-13H2,1-3H3,(H,21,23). The van der Waals surface area contributed by atoms with Gasteiger partial charge in [-0.3, -0.25) is 9.59 Å². The van der Waals surface area contributed by atoms with Crippen molar-refractivity contribution in [1.29, 1.82) is 0 Å². The molecule has 5 heteroatoms. The lowest BCUT2D eigenvalue weighted by Crippen LogP contribution is -2.53. The third-order valence-corrected chi connectivity index (χ3v) is 7.25. The van der Waals surface area contributed by atoms with E-state index in [2.05, 4.69) is 26.1 Å². The third kappa shape index (κ3) is 4.93. The summed E-state index contributed by atoms with van der Waals surface area (Å²) in [6.45, 7) is 7.31. The molecule has 4 aliphatic carbocycles. The number of carbonyl (C=O) groups is 2. The lowest BCUT2D eigenvalue weighted by molar-refractivity contribution is -0.147. The average Bonchev–Trinajstić information content (AvgIpc) is 2.49. The van der Waals surface area contributed by atoms with Gasteiger partial charge in [-0.1, -0.05) is 20.8 Å². The number of ether oxygens (including phenoxy) is 1. The average molecular weight is 368 g/mol. The Morgan fingerprint density at radius 1 is 1.08 bits per heavy atom. The van der Waals surface area contributed by atoms with Crippen molar-refractivity contribution in [3.05, 3.63) is 0 Å². The van der Waals surface area contributed by atoms with E-state index in [1.807, 2.05) is 0 Å². The molecule has 0 aliphatic heterocycles. The second-order valence-corrected chi connectivity index (χ2v) is 11.3. The predicted octanol–water partition coefficient (Wildman–Crippen LogP) is 3.78. The Hall–Kier alpha value is -0.710. The summed E-state index contributed by atoms with van der Waals surface area (Å²) in [5.41, 5.74) is -0.123. The van der Waals surface area contributed by atoms with E-state index in [1.54, 1.807) is 11.8 Å². The van der Waals surface area contributed by atoms with E-state index >= 15 is 0 Å². The van der Waals surface area contributed by atoms with Crippen LogP contribution in [0.3, 0.4) is 0 Å². The maximum absolute atomic E-state index is 12.8. The molecule has 1 amide bonds. The Kier molecular flexibility index (Phi) is 5.72. The molecule has 4 aliphatic rings. The van der Waals surface area contributed by atoms with Gasteiger partial charge in [-0.2, -0.15) is 11.8 Å². The van der Waals surface area contributed by atoms with Gasteiger partial charge < -0.3 is 10.1 Å². The molecule has 4 nitrogen and oxygen atoms in total. The normalized spacial score (nSPS) is 33.3. The second-order valence-electron chi connectivity index (χ2n) is 9.39. The number of thioether (sulfide) groups is 1. The highest BCUT2D eigenvalue weighted by atomic mass is 32.2. The first-order chi connectivity index (χ1) is 11.8. The molecule has 4 saturated carbocycles. The lowest BCUT2D eigenvalue weighted by Gasteiger charge is -2.55. The van der Waals surface area contributed by atoms with Gasteiger partial charge in [0.2, 0.25) is 5.91 Å². The zero-order valence-electron chi connectivity index (χ0n) is 15.9. The maximum atomic E-state index is 12.8. The van der Waals surface area contributed by atoms with Gasteiger partial charge in [-0.05, 0) is 56.3 Å². The van der Waals surface area contributed by atoms with Crippen molar-refractivity contribution in [2.24, 2.45) is 23.2 Å². The van der Waals surface area contributed by atoms with Crippen LogP contribution in [0.25, 0.3) is 0 Å². The molecule has 4 rings (SSSR count). The number of carbonyl (C=O) groups excluding carboxylic acids is 2. The van der Waals surface area contributed by atoms with Gasteiger partial charge in [0.1, 0.15) is 6.61 Å². The molecule has 1 N–H and O–H groups in total. The number of esters is 1. The molecule has 0 unspecified atom stereocenters. The Labute approximate surface area is 156 Å². The Morgan fingerprint density at radius 2 is 1.64 bits per heavy atom. The first-order valence-corrected chi connectivity index (χ1v) is 10.8. The van der Waals surface area contributed by atoms with Gasteiger partial charge in [0.15, 0.2) is 0 Å². The van der Waals surface area contributed by atoms with Crippen molar-refractivity contribution in [3.8, 4) is 0 Å². The van der Waals surface area contributed by atoms with Crippen molar-refractivity contribution in [2.45, 2.75) is 70.5 Å². The Bertz CT molecular complexity index is 476. The van der Waals surface area contributed by atoms with Gasteiger partial charge in [-0.15, -0.1) is 0 Å². The fourth-order valence-electron chi connectivity index (χ4n) is 5.43. The quantitative estimate of drug-likeness (QED) is 0.549. The highest BCUT2D eigenvalue weighted by molar-refractivity contribution is 8.00. The van der Waals surface area contributed by atoms with Crippen LogP contribution in [0, 0.1) is 23.2 Å². The molecule has 0 heterocycles. The zero-order chi connectivity index (χ0) is 18.1. The van der Waals surface area contributed by atoms with Crippen LogP contribution < -0.4 is 5.32 Å². The van der Waals surface area contributed by atoms with Gasteiger partial charge in [0.05, 0.1) is 6.42 Å². The van der Waals surface area contributed by atoms with Crippen LogP contribution in [0.1, 0.15) is 65.7 Å². The van der Waals surface area contributed by atoms with Gasteiger partial charge in [0, 0.05) is 22.5 Å². The van der Waals surface area contributed by atoms with Crippen molar-refractivity contribution in [3.63, 3.8) is 0 Å². The molecule has 25 heavy (non-hydrogen) atoms. The van der Waals surface area contributed by atoms with Crippen LogP contribution in [-0.4, -0.2) is 35.5 Å². The number of nitrogens with one attached hydrogen (secondary N) is 1. The molecule has 0 aromatic rings. The molecule has 0 aromatic carbocycles. The minimum Gasteiger partial charge on any atom is -0.465 e. The van der Waals surface area contributed by atoms with Crippen molar-refractivity contribution >= 4 is 23.6 Å². The van der Waals surface area contributed by atoms with Gasteiger partial charge in [0.25, 0.3) is 0 Å². The highest BCUT2D eigenvalue weighted by Gasteiger charge is 2.54. The van der Waals surface area contributed by atoms with Crippen molar-refractivity contribution in [2.75, 3.05) is 18.9 Å².